The first kappa shape index (κ1) is 13.8. The summed E-state index contributed by atoms with van der Waals surface area (Å²) in [5.74, 6) is -0.297. The van der Waals surface area contributed by atoms with Gasteiger partial charge in [-0.25, -0.2) is 9.78 Å². The second-order valence-electron chi connectivity index (χ2n) is 4.44. The molecule has 0 saturated heterocycles. The summed E-state index contributed by atoms with van der Waals surface area (Å²) in [6, 6.07) is 0.578. The van der Waals surface area contributed by atoms with E-state index in [9.17, 15) is 4.79 Å². The van der Waals surface area contributed by atoms with Gasteiger partial charge in [-0.2, -0.15) is 0 Å². The molecule has 100 valence electrons. The number of aromatic nitrogens is 1. The Morgan fingerprint density at radius 1 is 1.44 bits per heavy atom. The lowest BCUT2D eigenvalue weighted by atomic mass is 9.96. The maximum Gasteiger partial charge on any atom is 0.350 e. The molecule has 0 aromatic carbocycles. The summed E-state index contributed by atoms with van der Waals surface area (Å²) in [4.78, 5) is 16.5. The van der Waals surface area contributed by atoms with Crippen molar-refractivity contribution in [1.82, 2.24) is 9.71 Å². The van der Waals surface area contributed by atoms with Crippen molar-refractivity contribution in [2.45, 2.75) is 49.4 Å². The highest BCUT2D eigenvalue weighted by Crippen LogP contribution is 2.28. The zero-order valence-electron chi connectivity index (χ0n) is 10.7. The quantitative estimate of drug-likeness (QED) is 0.680. The number of carbonyl (C=O) groups excluding carboxylic acids is 1. The van der Waals surface area contributed by atoms with Crippen molar-refractivity contribution in [2.75, 3.05) is 7.11 Å². The number of aryl methyl sites for hydroxylation is 1. The molecule has 4 nitrogen and oxygen atoms in total. The topological polar surface area (TPSA) is 51.2 Å². The first-order valence-electron chi connectivity index (χ1n) is 6.19. The monoisotopic (exact) mass is 286 g/mol. The normalized spacial score (nSPS) is 16.8. The predicted molar refractivity (Wildman–Crippen MR) is 74.1 cm³/mol. The molecule has 6 heteroatoms. The average Bonchev–Trinajstić information content (AvgIpc) is 2.78. The summed E-state index contributed by atoms with van der Waals surface area (Å²) in [5, 5.41) is 0. The van der Waals surface area contributed by atoms with Gasteiger partial charge >= 0.3 is 5.97 Å². The summed E-state index contributed by atoms with van der Waals surface area (Å²) in [5.41, 5.74) is 0.750. The van der Waals surface area contributed by atoms with E-state index in [1.807, 2.05) is 6.92 Å². The van der Waals surface area contributed by atoms with E-state index in [0.29, 0.717) is 10.9 Å². The van der Waals surface area contributed by atoms with Crippen LogP contribution in [0.2, 0.25) is 0 Å². The first-order valence-corrected chi connectivity index (χ1v) is 7.82. The van der Waals surface area contributed by atoms with Gasteiger partial charge in [-0.15, -0.1) is 0 Å². The largest absolute Gasteiger partial charge is 0.465 e. The third kappa shape index (κ3) is 3.46. The Kier molecular flexibility index (Phi) is 5.03. The zero-order valence-corrected chi connectivity index (χ0v) is 12.3. The number of thiazole rings is 1. The van der Waals surface area contributed by atoms with Crippen molar-refractivity contribution in [3.63, 3.8) is 0 Å². The molecular weight excluding hydrogens is 268 g/mol. The minimum Gasteiger partial charge on any atom is -0.465 e. The molecule has 0 bridgehead atoms. The lowest BCUT2D eigenvalue weighted by molar-refractivity contribution is 0.0605. The van der Waals surface area contributed by atoms with E-state index in [2.05, 4.69) is 9.71 Å². The van der Waals surface area contributed by atoms with Gasteiger partial charge in [0.1, 0.15) is 4.88 Å². The molecule has 1 saturated carbocycles. The Balaban J connectivity index is 1.91. The Hall–Kier alpha value is -0.590. The summed E-state index contributed by atoms with van der Waals surface area (Å²) in [6.45, 7) is 1.84. The molecule has 0 spiro atoms. The van der Waals surface area contributed by atoms with E-state index in [1.165, 1.54) is 62.5 Å². The van der Waals surface area contributed by atoms with Gasteiger partial charge in [0.25, 0.3) is 0 Å². The van der Waals surface area contributed by atoms with Gasteiger partial charge < -0.3 is 4.74 Å². The first-order chi connectivity index (χ1) is 8.70. The smallest absolute Gasteiger partial charge is 0.350 e. The van der Waals surface area contributed by atoms with Crippen molar-refractivity contribution in [1.29, 1.82) is 0 Å². The van der Waals surface area contributed by atoms with E-state index in [0.717, 1.165) is 10.0 Å². The van der Waals surface area contributed by atoms with Crippen LogP contribution >= 0.6 is 23.3 Å². The minimum absolute atomic E-state index is 0.297. The van der Waals surface area contributed by atoms with Crippen LogP contribution < -0.4 is 4.72 Å². The van der Waals surface area contributed by atoms with E-state index < -0.39 is 0 Å². The van der Waals surface area contributed by atoms with Gasteiger partial charge in [-0.3, -0.25) is 4.72 Å². The molecule has 0 radical (unpaired) electrons. The lowest BCUT2D eigenvalue weighted by Crippen LogP contribution is -2.25. The molecular formula is C12H18N2O2S2. The third-order valence-electron chi connectivity index (χ3n) is 3.07. The van der Waals surface area contributed by atoms with Crippen LogP contribution in [-0.2, 0) is 4.74 Å². The molecule has 1 N–H and O–H groups in total. The van der Waals surface area contributed by atoms with E-state index in [-0.39, 0.29) is 5.97 Å². The Labute approximate surface area is 116 Å². The molecule has 2 rings (SSSR count). The van der Waals surface area contributed by atoms with Gasteiger partial charge in [0.15, 0.2) is 4.34 Å². The van der Waals surface area contributed by atoms with Crippen LogP contribution in [0.4, 0.5) is 0 Å². The van der Waals surface area contributed by atoms with Crippen molar-refractivity contribution in [3.05, 3.63) is 10.6 Å². The molecule has 1 aliphatic carbocycles. The van der Waals surface area contributed by atoms with Crippen molar-refractivity contribution in [2.24, 2.45) is 0 Å². The zero-order chi connectivity index (χ0) is 13.0. The lowest BCUT2D eigenvalue weighted by Gasteiger charge is -2.21. The Morgan fingerprint density at radius 3 is 2.83 bits per heavy atom. The number of hydrogen-bond donors (Lipinski definition) is 1. The summed E-state index contributed by atoms with van der Waals surface area (Å²) in [7, 11) is 1.40. The van der Waals surface area contributed by atoms with Crippen molar-refractivity contribution < 1.29 is 9.53 Å². The highest BCUT2D eigenvalue weighted by atomic mass is 32.2. The van der Waals surface area contributed by atoms with Gasteiger partial charge in [-0.1, -0.05) is 30.6 Å². The molecule has 0 atom stereocenters. The SMILES string of the molecule is COC(=O)c1sc(SNC2CCCCC2)nc1C. The maximum absolute atomic E-state index is 11.5. The van der Waals surface area contributed by atoms with Crippen LogP contribution in [0.25, 0.3) is 0 Å². The number of nitrogens with zero attached hydrogens (tertiary/aromatic N) is 1. The van der Waals surface area contributed by atoms with Crippen LogP contribution in [0.5, 0.6) is 0 Å². The van der Waals surface area contributed by atoms with Crippen LogP contribution in [0.15, 0.2) is 4.34 Å². The average molecular weight is 286 g/mol. The van der Waals surface area contributed by atoms with Crippen LogP contribution in [0.3, 0.4) is 0 Å². The number of esters is 1. The minimum atomic E-state index is -0.297. The highest BCUT2D eigenvalue weighted by Gasteiger charge is 2.18. The molecule has 1 fully saturated rings. The highest BCUT2D eigenvalue weighted by molar-refractivity contribution is 7.99. The number of rotatable bonds is 4. The van der Waals surface area contributed by atoms with Gasteiger partial charge in [0, 0.05) is 6.04 Å². The number of hydrogen-bond acceptors (Lipinski definition) is 6. The molecule has 1 heterocycles. The predicted octanol–water partition coefficient (Wildman–Crippen LogP) is 3.17. The molecule has 0 aliphatic heterocycles. The summed E-state index contributed by atoms with van der Waals surface area (Å²) >= 11 is 2.94. The fourth-order valence-corrected chi connectivity index (χ4v) is 4.02. The van der Waals surface area contributed by atoms with Crippen LogP contribution in [-0.4, -0.2) is 24.1 Å². The van der Waals surface area contributed by atoms with Gasteiger partial charge in [0.05, 0.1) is 12.8 Å². The molecule has 1 aromatic rings. The van der Waals surface area contributed by atoms with Crippen LogP contribution in [0.1, 0.15) is 47.5 Å². The standard InChI is InChI=1S/C12H18N2O2S2/c1-8-10(11(15)16-2)17-12(13-8)18-14-9-6-4-3-5-7-9/h9,14H,3-7H2,1-2H3. The number of ether oxygens (including phenoxy) is 1. The number of nitrogens with one attached hydrogen (secondary N) is 1. The van der Waals surface area contributed by atoms with Crippen molar-refractivity contribution in [3.8, 4) is 0 Å². The Morgan fingerprint density at radius 2 is 2.17 bits per heavy atom. The fraction of sp³-hybridized carbons (Fsp3) is 0.667. The molecule has 1 aromatic heterocycles. The van der Waals surface area contributed by atoms with E-state index >= 15 is 0 Å². The fourth-order valence-electron chi connectivity index (χ4n) is 2.05. The summed E-state index contributed by atoms with van der Waals surface area (Å²) in [6.07, 6.45) is 6.44. The van der Waals surface area contributed by atoms with Crippen molar-refractivity contribution >= 4 is 29.3 Å². The maximum atomic E-state index is 11.5. The number of methoxy groups -OCH3 is 1. The van der Waals surface area contributed by atoms with Gasteiger partial charge in [0.2, 0.25) is 0 Å². The summed E-state index contributed by atoms with van der Waals surface area (Å²) < 4.78 is 9.06. The van der Waals surface area contributed by atoms with Crippen LogP contribution in [0, 0.1) is 6.92 Å². The molecule has 0 unspecified atom stereocenters. The molecule has 18 heavy (non-hydrogen) atoms. The second kappa shape index (κ2) is 6.54. The molecule has 1 aliphatic rings. The molecule has 0 amide bonds. The van der Waals surface area contributed by atoms with E-state index in [1.54, 1.807) is 0 Å². The Bertz CT molecular complexity index is 414. The van der Waals surface area contributed by atoms with E-state index in [4.69, 9.17) is 4.74 Å². The third-order valence-corrected chi connectivity index (χ3v) is 5.22. The van der Waals surface area contributed by atoms with Gasteiger partial charge in [-0.05, 0) is 31.7 Å². The second-order valence-corrected chi connectivity index (χ2v) is 6.52. The number of carbonyl (C=O) groups is 1.